The van der Waals surface area contributed by atoms with Crippen molar-refractivity contribution in [2.45, 2.75) is 85.1 Å². The lowest BCUT2D eigenvalue weighted by molar-refractivity contribution is -0.765. The molecular weight excluding hydrogens is 381 g/mol. The van der Waals surface area contributed by atoms with Crippen LogP contribution in [0.3, 0.4) is 0 Å². The van der Waals surface area contributed by atoms with Crippen LogP contribution in [0.1, 0.15) is 77.5 Å². The third-order valence-electron chi connectivity index (χ3n) is 8.44. The van der Waals surface area contributed by atoms with Crippen molar-refractivity contribution in [2.24, 2.45) is 5.92 Å². The number of hydrogen-bond donors (Lipinski definition) is 0. The van der Waals surface area contributed by atoms with Gasteiger partial charge >= 0.3 is 0 Å². The maximum atomic E-state index is 14.9. The van der Waals surface area contributed by atoms with Gasteiger partial charge in [0, 0.05) is 19.4 Å². The number of hydrogen-bond acceptors (Lipinski definition) is 0. The third-order valence-corrected chi connectivity index (χ3v) is 8.44. The van der Waals surface area contributed by atoms with E-state index in [0.29, 0.717) is 11.5 Å². The molecular formula is C29H37FN+. The maximum absolute atomic E-state index is 14.9. The third kappa shape index (κ3) is 3.05. The van der Waals surface area contributed by atoms with Crippen LogP contribution in [-0.4, -0.2) is 0 Å². The fourth-order valence-electron chi connectivity index (χ4n) is 5.87. The van der Waals surface area contributed by atoms with Gasteiger partial charge in [-0.05, 0) is 72.9 Å². The van der Waals surface area contributed by atoms with Crippen molar-refractivity contribution in [2.75, 3.05) is 0 Å². The molecule has 0 spiro atoms. The molecule has 0 saturated heterocycles. The molecule has 1 nitrogen and oxygen atoms in total. The molecule has 1 aliphatic rings. The fraction of sp³-hybridized carbons (Fsp3) is 0.483. The number of unbranched alkanes of at least 4 members (excludes halogenated alkanes) is 1. The lowest BCUT2D eigenvalue weighted by Crippen LogP contribution is -2.69. The highest BCUT2D eigenvalue weighted by Gasteiger charge is 2.59. The van der Waals surface area contributed by atoms with E-state index in [1.165, 1.54) is 40.4 Å². The zero-order chi connectivity index (χ0) is 22.6. The molecule has 2 atom stereocenters. The van der Waals surface area contributed by atoms with Crippen molar-refractivity contribution < 1.29 is 8.96 Å². The molecule has 164 valence electrons. The van der Waals surface area contributed by atoms with Gasteiger partial charge < -0.3 is 0 Å². The molecule has 0 saturated carbocycles. The van der Waals surface area contributed by atoms with Crippen LogP contribution in [0.5, 0.6) is 0 Å². The summed E-state index contributed by atoms with van der Waals surface area (Å²) in [4.78, 5) is 0. The van der Waals surface area contributed by atoms with E-state index >= 15 is 0 Å². The van der Waals surface area contributed by atoms with Crippen LogP contribution in [0.2, 0.25) is 0 Å². The number of aromatic nitrogens is 1. The highest BCUT2D eigenvalue weighted by molar-refractivity contribution is 5.94. The molecule has 1 aliphatic heterocycles. The van der Waals surface area contributed by atoms with Crippen LogP contribution < -0.4 is 4.57 Å². The van der Waals surface area contributed by atoms with Gasteiger partial charge in [-0.2, -0.15) is 4.57 Å². The second-order valence-electron chi connectivity index (χ2n) is 10.2. The first-order chi connectivity index (χ1) is 14.7. The second kappa shape index (κ2) is 7.73. The van der Waals surface area contributed by atoms with E-state index in [4.69, 9.17) is 0 Å². The van der Waals surface area contributed by atoms with Crippen LogP contribution in [-0.2, 0) is 17.4 Å². The summed E-state index contributed by atoms with van der Waals surface area (Å²) in [6.07, 6.45) is 6.81. The summed E-state index contributed by atoms with van der Waals surface area (Å²) in [5, 5.41) is 2.54. The molecule has 2 heteroatoms. The number of pyridine rings is 1. The summed E-state index contributed by atoms with van der Waals surface area (Å²) in [5.41, 5.74) is 5.35. The SMILES string of the molecule is CCCCc1ccc2c3[n+](ccc2c1)C(C)(CC)C(C)(C(C)C)c1cc(F)c(C)cc1-3. The van der Waals surface area contributed by atoms with Crippen molar-refractivity contribution in [3.8, 4) is 11.3 Å². The van der Waals surface area contributed by atoms with Crippen LogP contribution in [0, 0.1) is 18.7 Å². The average molecular weight is 419 g/mol. The van der Waals surface area contributed by atoms with Gasteiger partial charge in [0.2, 0.25) is 5.69 Å². The summed E-state index contributed by atoms with van der Waals surface area (Å²) < 4.78 is 17.4. The second-order valence-corrected chi connectivity index (χ2v) is 10.2. The molecule has 0 radical (unpaired) electrons. The molecule has 2 unspecified atom stereocenters. The van der Waals surface area contributed by atoms with E-state index in [2.05, 4.69) is 82.6 Å². The van der Waals surface area contributed by atoms with Crippen molar-refractivity contribution in [1.29, 1.82) is 0 Å². The van der Waals surface area contributed by atoms with E-state index in [1.54, 1.807) is 0 Å². The Morgan fingerprint density at radius 1 is 1.03 bits per heavy atom. The summed E-state index contributed by atoms with van der Waals surface area (Å²) >= 11 is 0. The Morgan fingerprint density at radius 3 is 2.42 bits per heavy atom. The van der Waals surface area contributed by atoms with Gasteiger partial charge in [0.1, 0.15) is 5.82 Å². The molecule has 0 amide bonds. The minimum absolute atomic E-state index is 0.0976. The first kappa shape index (κ1) is 22.0. The maximum Gasteiger partial charge on any atom is 0.221 e. The first-order valence-corrected chi connectivity index (χ1v) is 12.0. The Morgan fingerprint density at radius 2 is 1.77 bits per heavy atom. The minimum Gasteiger partial charge on any atom is -0.207 e. The van der Waals surface area contributed by atoms with Crippen LogP contribution >= 0.6 is 0 Å². The average Bonchev–Trinajstić information content (AvgIpc) is 2.76. The number of aryl methyl sites for hydroxylation is 2. The minimum atomic E-state index is -0.183. The Bertz CT molecular complexity index is 1150. The molecule has 0 aliphatic carbocycles. The van der Waals surface area contributed by atoms with Crippen molar-refractivity contribution in [3.63, 3.8) is 0 Å². The number of fused-ring (bicyclic) bond motifs is 5. The van der Waals surface area contributed by atoms with E-state index in [9.17, 15) is 4.39 Å². The molecule has 2 heterocycles. The Balaban J connectivity index is 2.10. The molecule has 0 N–H and O–H groups in total. The molecule has 4 rings (SSSR count). The number of nitrogens with zero attached hydrogens (tertiary/aromatic N) is 1. The Hall–Kier alpha value is -2.22. The van der Waals surface area contributed by atoms with Gasteiger partial charge in [-0.3, -0.25) is 0 Å². The summed E-state index contributed by atoms with van der Waals surface area (Å²) in [6, 6.07) is 13.1. The summed E-state index contributed by atoms with van der Waals surface area (Å²) in [6.45, 7) is 15.6. The normalized spacial score (nSPS) is 22.6. The quantitative estimate of drug-likeness (QED) is 0.375. The smallest absolute Gasteiger partial charge is 0.207 e. The lowest BCUT2D eigenvalue weighted by Gasteiger charge is -2.49. The predicted molar refractivity (Wildman–Crippen MR) is 129 cm³/mol. The van der Waals surface area contributed by atoms with E-state index < -0.39 is 0 Å². The molecule has 31 heavy (non-hydrogen) atoms. The lowest BCUT2D eigenvalue weighted by atomic mass is 9.56. The zero-order valence-electron chi connectivity index (χ0n) is 20.3. The van der Waals surface area contributed by atoms with E-state index in [1.807, 2.05) is 13.0 Å². The topological polar surface area (TPSA) is 3.88 Å². The Labute approximate surface area is 187 Å². The summed E-state index contributed by atoms with van der Waals surface area (Å²) in [7, 11) is 0. The standard InChI is InChI=1S/C29H37FN/c1-8-10-11-21-12-13-23-22(17-21)14-15-31-27(23)24-16-20(5)26(30)18-25(24)29(7,19(3)4)28(31,6)9-2/h12-19H,8-11H2,1-7H3/q+1. The number of benzene rings is 2. The highest BCUT2D eigenvalue weighted by Crippen LogP contribution is 2.53. The monoisotopic (exact) mass is 418 g/mol. The van der Waals surface area contributed by atoms with Gasteiger partial charge in [0.05, 0.1) is 16.4 Å². The molecule has 0 bridgehead atoms. The van der Waals surface area contributed by atoms with Crippen molar-refractivity contribution in [3.05, 3.63) is 65.1 Å². The zero-order valence-corrected chi connectivity index (χ0v) is 20.3. The largest absolute Gasteiger partial charge is 0.221 e. The molecule has 2 aromatic carbocycles. The first-order valence-electron chi connectivity index (χ1n) is 12.0. The number of halogens is 1. The summed E-state index contributed by atoms with van der Waals surface area (Å²) in [5.74, 6) is 0.269. The molecule has 1 aromatic heterocycles. The van der Waals surface area contributed by atoms with Crippen LogP contribution in [0.25, 0.3) is 22.0 Å². The van der Waals surface area contributed by atoms with Crippen molar-refractivity contribution in [1.82, 2.24) is 0 Å². The van der Waals surface area contributed by atoms with Crippen molar-refractivity contribution >= 4 is 10.8 Å². The van der Waals surface area contributed by atoms with Crippen LogP contribution in [0.4, 0.5) is 4.39 Å². The Kier molecular flexibility index (Phi) is 5.48. The number of rotatable bonds is 5. The fourth-order valence-corrected chi connectivity index (χ4v) is 5.87. The van der Waals surface area contributed by atoms with E-state index in [-0.39, 0.29) is 16.8 Å². The van der Waals surface area contributed by atoms with Crippen LogP contribution in [0.15, 0.2) is 42.6 Å². The van der Waals surface area contributed by atoms with Gasteiger partial charge in [-0.15, -0.1) is 0 Å². The molecule has 0 fully saturated rings. The van der Waals surface area contributed by atoms with Gasteiger partial charge in [0.15, 0.2) is 11.7 Å². The van der Waals surface area contributed by atoms with Gasteiger partial charge in [-0.25, -0.2) is 4.39 Å². The van der Waals surface area contributed by atoms with Gasteiger partial charge in [0.25, 0.3) is 0 Å². The van der Waals surface area contributed by atoms with Gasteiger partial charge in [-0.1, -0.05) is 46.2 Å². The van der Waals surface area contributed by atoms with E-state index in [0.717, 1.165) is 18.4 Å². The highest BCUT2D eigenvalue weighted by atomic mass is 19.1. The predicted octanol–water partition coefficient (Wildman–Crippen LogP) is 7.64. The molecule has 3 aromatic rings.